The second-order valence-electron chi connectivity index (χ2n) is 3.19. The van der Waals surface area contributed by atoms with E-state index in [0.29, 0.717) is 0 Å². The predicted molar refractivity (Wildman–Crippen MR) is 47.7 cm³/mol. The van der Waals surface area contributed by atoms with E-state index in [-0.39, 0.29) is 0 Å². The molecule has 0 saturated heterocycles. The molecule has 0 N–H and O–H groups in total. The van der Waals surface area contributed by atoms with E-state index in [9.17, 15) is 37.8 Å². The molecular formula is C8H4F4N2O4. The van der Waals surface area contributed by atoms with Gasteiger partial charge in [0.1, 0.15) is 0 Å². The molecule has 0 aliphatic heterocycles. The van der Waals surface area contributed by atoms with Gasteiger partial charge in [0.05, 0.1) is 11.1 Å². The first-order valence-corrected chi connectivity index (χ1v) is 4.33. The Morgan fingerprint density at radius 1 is 0.722 bits per heavy atom. The molecular weight excluding hydrogens is 264 g/mol. The number of halogens is 4. The van der Waals surface area contributed by atoms with Crippen molar-refractivity contribution in [3.8, 4) is 0 Å². The molecule has 18 heavy (non-hydrogen) atoms. The summed E-state index contributed by atoms with van der Waals surface area (Å²) in [5.74, 6) is -7.99. The third-order valence-electron chi connectivity index (χ3n) is 2.02. The summed E-state index contributed by atoms with van der Waals surface area (Å²) in [7, 11) is 0. The number of nitro groups is 2. The van der Waals surface area contributed by atoms with E-state index in [4.69, 9.17) is 0 Å². The van der Waals surface area contributed by atoms with E-state index in [1.165, 1.54) is 0 Å². The summed E-state index contributed by atoms with van der Waals surface area (Å²) >= 11 is 0. The van der Waals surface area contributed by atoms with Crippen LogP contribution >= 0.6 is 0 Å². The lowest BCUT2D eigenvalue weighted by Gasteiger charge is -2.07. The van der Waals surface area contributed by atoms with Crippen molar-refractivity contribution in [1.82, 2.24) is 0 Å². The van der Waals surface area contributed by atoms with Crippen molar-refractivity contribution in [1.29, 1.82) is 0 Å². The van der Waals surface area contributed by atoms with Crippen LogP contribution in [0.3, 0.4) is 0 Å². The topological polar surface area (TPSA) is 86.3 Å². The normalized spacial score (nSPS) is 10.4. The Morgan fingerprint density at radius 2 is 0.944 bits per heavy atom. The molecule has 0 spiro atoms. The van der Waals surface area contributed by atoms with Crippen molar-refractivity contribution < 1.29 is 27.4 Å². The Balaban J connectivity index is 3.44. The molecule has 1 aromatic carbocycles. The molecule has 0 aliphatic carbocycles. The van der Waals surface area contributed by atoms with E-state index in [2.05, 4.69) is 0 Å². The molecule has 0 saturated carbocycles. The van der Waals surface area contributed by atoms with Gasteiger partial charge < -0.3 is 0 Å². The van der Waals surface area contributed by atoms with Gasteiger partial charge >= 0.3 is 0 Å². The van der Waals surface area contributed by atoms with Gasteiger partial charge in [-0.15, -0.1) is 0 Å². The Labute approximate surface area is 96.1 Å². The lowest BCUT2D eigenvalue weighted by molar-refractivity contribution is -0.498. The van der Waals surface area contributed by atoms with Crippen LogP contribution in [0.5, 0.6) is 0 Å². The Kier molecular flexibility index (Phi) is 3.79. The highest BCUT2D eigenvalue weighted by Gasteiger charge is 2.29. The van der Waals surface area contributed by atoms with E-state index < -0.39 is 57.3 Å². The van der Waals surface area contributed by atoms with E-state index >= 15 is 0 Å². The molecule has 0 fully saturated rings. The average Bonchev–Trinajstić information content (AvgIpc) is 2.27. The highest BCUT2D eigenvalue weighted by atomic mass is 19.2. The third kappa shape index (κ3) is 2.52. The Bertz CT molecular complexity index is 458. The van der Waals surface area contributed by atoms with Gasteiger partial charge in [-0.05, 0) is 0 Å². The first-order chi connectivity index (χ1) is 8.25. The van der Waals surface area contributed by atoms with Crippen LogP contribution < -0.4 is 0 Å². The molecule has 0 atom stereocenters. The second kappa shape index (κ2) is 4.94. The average molecular weight is 268 g/mol. The zero-order valence-electron chi connectivity index (χ0n) is 8.45. The minimum atomic E-state index is -2.00. The maximum atomic E-state index is 13.2. The molecule has 98 valence electrons. The Hall–Kier alpha value is -2.26. The quantitative estimate of drug-likeness (QED) is 0.360. The fourth-order valence-corrected chi connectivity index (χ4v) is 1.26. The molecule has 1 aromatic rings. The molecule has 0 heterocycles. The zero-order chi connectivity index (χ0) is 14.0. The summed E-state index contributed by atoms with van der Waals surface area (Å²) in [4.78, 5) is 17.8. The standard InChI is InChI=1S/C8H4F4N2O4/c9-5-3(1-13(15)16)6(10)8(12)4(7(5)11)2-14(17)18/h1-2H2. The minimum Gasteiger partial charge on any atom is -0.264 e. The highest BCUT2D eigenvalue weighted by Crippen LogP contribution is 2.25. The van der Waals surface area contributed by atoms with Crippen LogP contribution in [0.15, 0.2) is 0 Å². The van der Waals surface area contributed by atoms with Crippen molar-refractivity contribution in [2.75, 3.05) is 0 Å². The molecule has 1 rings (SSSR count). The second-order valence-corrected chi connectivity index (χ2v) is 3.19. The lowest BCUT2D eigenvalue weighted by Crippen LogP contribution is -2.14. The minimum absolute atomic E-state index is 1.19. The van der Waals surface area contributed by atoms with Crippen LogP contribution in [0.1, 0.15) is 11.1 Å². The molecule has 6 nitrogen and oxygen atoms in total. The highest BCUT2D eigenvalue weighted by molar-refractivity contribution is 5.29. The maximum absolute atomic E-state index is 13.2. The van der Waals surface area contributed by atoms with Gasteiger partial charge in [0.2, 0.25) is 13.1 Å². The van der Waals surface area contributed by atoms with E-state index in [1.807, 2.05) is 0 Å². The number of hydrogen-bond acceptors (Lipinski definition) is 4. The van der Waals surface area contributed by atoms with Crippen molar-refractivity contribution in [2.24, 2.45) is 0 Å². The van der Waals surface area contributed by atoms with Crippen LogP contribution in [0.2, 0.25) is 0 Å². The van der Waals surface area contributed by atoms with Crippen LogP contribution in [0, 0.1) is 43.5 Å². The third-order valence-corrected chi connectivity index (χ3v) is 2.02. The zero-order valence-corrected chi connectivity index (χ0v) is 8.45. The smallest absolute Gasteiger partial charge is 0.234 e. The first-order valence-electron chi connectivity index (χ1n) is 4.33. The van der Waals surface area contributed by atoms with E-state index in [0.717, 1.165) is 0 Å². The fraction of sp³-hybridized carbons (Fsp3) is 0.250. The van der Waals surface area contributed by atoms with Crippen LogP contribution in [0.25, 0.3) is 0 Å². The van der Waals surface area contributed by atoms with Gasteiger partial charge in [0.25, 0.3) is 0 Å². The van der Waals surface area contributed by atoms with Gasteiger partial charge in [-0.25, -0.2) is 17.6 Å². The summed E-state index contributed by atoms with van der Waals surface area (Å²) in [6, 6.07) is 0. The largest absolute Gasteiger partial charge is 0.264 e. The molecule has 0 aromatic heterocycles. The Morgan fingerprint density at radius 3 is 1.11 bits per heavy atom. The summed E-state index contributed by atoms with van der Waals surface area (Å²) < 4.78 is 52.8. The van der Waals surface area contributed by atoms with Gasteiger partial charge in [-0.2, -0.15) is 0 Å². The molecule has 0 aliphatic rings. The predicted octanol–water partition coefficient (Wildman–Crippen LogP) is 1.80. The van der Waals surface area contributed by atoms with Crippen molar-refractivity contribution in [2.45, 2.75) is 13.1 Å². The number of rotatable bonds is 4. The van der Waals surface area contributed by atoms with Gasteiger partial charge in [-0.3, -0.25) is 20.2 Å². The number of hydrogen-bond donors (Lipinski definition) is 0. The van der Waals surface area contributed by atoms with Crippen molar-refractivity contribution in [3.05, 3.63) is 54.6 Å². The van der Waals surface area contributed by atoms with Gasteiger partial charge in [0, 0.05) is 9.85 Å². The van der Waals surface area contributed by atoms with Crippen LogP contribution in [0.4, 0.5) is 17.6 Å². The summed E-state index contributed by atoms with van der Waals surface area (Å²) in [6.45, 7) is -2.94. The van der Waals surface area contributed by atoms with E-state index in [1.54, 1.807) is 0 Å². The molecule has 0 unspecified atom stereocenters. The molecule has 0 amide bonds. The fourth-order valence-electron chi connectivity index (χ4n) is 1.26. The SMILES string of the molecule is O=[N+]([O-])Cc1c(F)c(F)c(C[N+](=O)[O-])c(F)c1F. The molecule has 0 bridgehead atoms. The van der Waals surface area contributed by atoms with Gasteiger partial charge in [-0.1, -0.05) is 0 Å². The molecule has 10 heteroatoms. The lowest BCUT2D eigenvalue weighted by atomic mass is 10.1. The number of nitrogens with zero attached hydrogens (tertiary/aromatic N) is 2. The maximum Gasteiger partial charge on any atom is 0.234 e. The van der Waals surface area contributed by atoms with Crippen molar-refractivity contribution in [3.63, 3.8) is 0 Å². The summed E-state index contributed by atoms with van der Waals surface area (Å²) in [5.41, 5.74) is -2.83. The van der Waals surface area contributed by atoms with Crippen LogP contribution in [-0.4, -0.2) is 9.85 Å². The molecule has 0 radical (unpaired) electrons. The monoisotopic (exact) mass is 268 g/mol. The van der Waals surface area contributed by atoms with Crippen molar-refractivity contribution >= 4 is 0 Å². The first kappa shape index (κ1) is 13.8. The van der Waals surface area contributed by atoms with Crippen LogP contribution in [-0.2, 0) is 13.1 Å². The van der Waals surface area contributed by atoms with Gasteiger partial charge in [0.15, 0.2) is 23.3 Å². The summed E-state index contributed by atoms with van der Waals surface area (Å²) in [5, 5.41) is 20.2. The summed E-state index contributed by atoms with van der Waals surface area (Å²) in [6.07, 6.45) is 0. The number of benzene rings is 1.